The number of amides is 2. The second-order valence-corrected chi connectivity index (χ2v) is 8.61. The zero-order valence-electron chi connectivity index (χ0n) is 16.5. The number of thioether (sulfide) groups is 1. The van der Waals surface area contributed by atoms with Crippen LogP contribution in [0.1, 0.15) is 20.8 Å². The predicted octanol–water partition coefficient (Wildman–Crippen LogP) is 3.32. The van der Waals surface area contributed by atoms with Crippen LogP contribution in [0.25, 0.3) is 11.6 Å². The van der Waals surface area contributed by atoms with E-state index >= 15 is 0 Å². The molecule has 3 heterocycles. The van der Waals surface area contributed by atoms with Gasteiger partial charge in [0.15, 0.2) is 16.7 Å². The van der Waals surface area contributed by atoms with Crippen molar-refractivity contribution in [3.63, 3.8) is 0 Å². The van der Waals surface area contributed by atoms with E-state index in [1.54, 1.807) is 54.7 Å². The molecule has 8 nitrogen and oxygen atoms in total. The van der Waals surface area contributed by atoms with Gasteiger partial charge in [0.05, 0.1) is 22.9 Å². The number of fused-ring (bicyclic) bond motifs is 1. The molecule has 9 heteroatoms. The summed E-state index contributed by atoms with van der Waals surface area (Å²) in [6, 6.07) is 10.9. The number of furan rings is 1. The lowest BCUT2D eigenvalue weighted by molar-refractivity contribution is -0.126. The molecule has 0 aliphatic carbocycles. The summed E-state index contributed by atoms with van der Waals surface area (Å²) in [5, 5.41) is 11.3. The molecule has 1 aliphatic rings. The Morgan fingerprint density at radius 2 is 1.97 bits per heavy atom. The number of benzene rings is 1. The Morgan fingerprint density at radius 1 is 1.21 bits per heavy atom. The van der Waals surface area contributed by atoms with Gasteiger partial charge in [0.1, 0.15) is 5.54 Å². The monoisotopic (exact) mass is 411 g/mol. The van der Waals surface area contributed by atoms with Crippen molar-refractivity contribution in [3.05, 3.63) is 42.7 Å². The lowest BCUT2D eigenvalue weighted by Crippen LogP contribution is -2.60. The van der Waals surface area contributed by atoms with Crippen LogP contribution in [0.15, 0.2) is 52.2 Å². The van der Waals surface area contributed by atoms with E-state index < -0.39 is 10.8 Å². The average Bonchev–Trinajstić information content (AvgIpc) is 3.32. The van der Waals surface area contributed by atoms with Gasteiger partial charge in [0.25, 0.3) is 0 Å². The molecule has 0 unspecified atom stereocenters. The fraction of sp³-hybridized carbons (Fsp3) is 0.300. The van der Waals surface area contributed by atoms with Crippen molar-refractivity contribution in [1.82, 2.24) is 14.8 Å². The zero-order valence-corrected chi connectivity index (χ0v) is 17.4. The molecule has 29 heavy (non-hydrogen) atoms. The smallest absolute Gasteiger partial charge is 0.250 e. The van der Waals surface area contributed by atoms with Crippen LogP contribution < -0.4 is 10.2 Å². The number of aromatic nitrogens is 3. The molecule has 1 N–H and O–H groups in total. The minimum absolute atomic E-state index is 0.176. The second-order valence-electron chi connectivity index (χ2n) is 7.31. The quantitative estimate of drug-likeness (QED) is 0.662. The van der Waals surface area contributed by atoms with Gasteiger partial charge in [-0.15, -0.1) is 10.2 Å². The van der Waals surface area contributed by atoms with Gasteiger partial charge >= 0.3 is 0 Å². The van der Waals surface area contributed by atoms with E-state index in [1.165, 1.54) is 11.8 Å². The molecule has 0 spiro atoms. The molecule has 150 valence electrons. The predicted molar refractivity (Wildman–Crippen MR) is 111 cm³/mol. The number of nitrogens with one attached hydrogen (secondary N) is 1. The van der Waals surface area contributed by atoms with E-state index in [4.69, 9.17) is 4.42 Å². The lowest BCUT2D eigenvalue weighted by atomic mass is 9.96. The van der Waals surface area contributed by atoms with Crippen molar-refractivity contribution < 1.29 is 14.0 Å². The van der Waals surface area contributed by atoms with Crippen LogP contribution in [-0.2, 0) is 16.6 Å². The third-order valence-electron chi connectivity index (χ3n) is 4.93. The maximum absolute atomic E-state index is 13.4. The Bertz CT molecular complexity index is 1070. The molecule has 0 fully saturated rings. The van der Waals surface area contributed by atoms with Crippen LogP contribution in [0.4, 0.5) is 11.4 Å². The van der Waals surface area contributed by atoms with Crippen LogP contribution in [0.5, 0.6) is 0 Å². The fourth-order valence-electron chi connectivity index (χ4n) is 3.27. The van der Waals surface area contributed by atoms with Gasteiger partial charge < -0.3 is 14.3 Å². The minimum Gasteiger partial charge on any atom is -0.461 e. The second kappa shape index (κ2) is 7.07. The van der Waals surface area contributed by atoms with E-state index in [1.807, 2.05) is 25.2 Å². The van der Waals surface area contributed by atoms with Gasteiger partial charge in [-0.3, -0.25) is 14.5 Å². The van der Waals surface area contributed by atoms with Crippen molar-refractivity contribution in [2.24, 2.45) is 7.05 Å². The van der Waals surface area contributed by atoms with Crippen molar-refractivity contribution in [2.45, 2.75) is 36.7 Å². The first kappa shape index (κ1) is 19.3. The molecule has 2 aromatic heterocycles. The van der Waals surface area contributed by atoms with Gasteiger partial charge in [-0.05, 0) is 45.0 Å². The summed E-state index contributed by atoms with van der Waals surface area (Å²) in [6.07, 6.45) is 1.57. The maximum atomic E-state index is 13.4. The van der Waals surface area contributed by atoms with E-state index in [-0.39, 0.29) is 11.8 Å². The van der Waals surface area contributed by atoms with E-state index in [0.717, 1.165) is 0 Å². The molecule has 0 saturated heterocycles. The molecule has 4 rings (SSSR count). The highest BCUT2D eigenvalue weighted by Gasteiger charge is 2.45. The molecule has 2 amide bonds. The number of rotatable bonds is 4. The molecule has 1 aliphatic heterocycles. The Balaban J connectivity index is 1.62. The van der Waals surface area contributed by atoms with Gasteiger partial charge in [-0.25, -0.2) is 0 Å². The summed E-state index contributed by atoms with van der Waals surface area (Å²) >= 11 is 1.29. The first-order valence-electron chi connectivity index (χ1n) is 9.15. The van der Waals surface area contributed by atoms with Crippen molar-refractivity contribution in [3.8, 4) is 11.6 Å². The Hall–Kier alpha value is -3.07. The van der Waals surface area contributed by atoms with Gasteiger partial charge in [-0.1, -0.05) is 23.9 Å². The summed E-state index contributed by atoms with van der Waals surface area (Å²) in [5.74, 6) is 0.791. The first-order chi connectivity index (χ1) is 13.8. The van der Waals surface area contributed by atoms with E-state index in [0.29, 0.717) is 28.1 Å². The number of carbonyl (C=O) groups excluding carboxylic acids is 2. The van der Waals surface area contributed by atoms with Gasteiger partial charge in [-0.2, -0.15) is 0 Å². The molecular formula is C20H21N5O3S. The molecule has 0 saturated carbocycles. The highest BCUT2D eigenvalue weighted by atomic mass is 32.2. The van der Waals surface area contributed by atoms with Crippen molar-refractivity contribution >= 4 is 35.0 Å². The van der Waals surface area contributed by atoms with Crippen LogP contribution in [0.2, 0.25) is 0 Å². The third-order valence-corrected chi connectivity index (χ3v) is 6.06. The summed E-state index contributed by atoms with van der Waals surface area (Å²) < 4.78 is 7.17. The number of nitrogens with zero attached hydrogens (tertiary/aromatic N) is 4. The SMILES string of the molecule is C[C@@H](Sc1nnc(-c2ccco2)n1C)C(=O)N1c2ccccc2NC(=O)C1(C)C. The highest BCUT2D eigenvalue weighted by Crippen LogP contribution is 2.38. The summed E-state index contributed by atoms with van der Waals surface area (Å²) in [5.41, 5.74) is 0.296. The number of hydrogen-bond donors (Lipinski definition) is 1. The summed E-state index contributed by atoms with van der Waals surface area (Å²) in [6.45, 7) is 5.29. The molecule has 1 aromatic carbocycles. The minimum atomic E-state index is -1.01. The Labute approximate surface area is 172 Å². The molecule has 0 radical (unpaired) electrons. The molecular weight excluding hydrogens is 390 g/mol. The largest absolute Gasteiger partial charge is 0.461 e. The Morgan fingerprint density at radius 3 is 2.69 bits per heavy atom. The number of hydrogen-bond acceptors (Lipinski definition) is 6. The fourth-order valence-corrected chi connectivity index (χ4v) is 4.13. The van der Waals surface area contributed by atoms with Gasteiger partial charge in [0, 0.05) is 7.05 Å². The number of anilines is 2. The normalized spacial score (nSPS) is 16.3. The Kier molecular flexibility index (Phi) is 4.70. The summed E-state index contributed by atoms with van der Waals surface area (Å²) in [7, 11) is 1.82. The van der Waals surface area contributed by atoms with Crippen molar-refractivity contribution in [2.75, 3.05) is 10.2 Å². The number of para-hydroxylation sites is 2. The zero-order chi connectivity index (χ0) is 20.8. The van der Waals surface area contributed by atoms with Crippen LogP contribution >= 0.6 is 11.8 Å². The summed E-state index contributed by atoms with van der Waals surface area (Å²) in [4.78, 5) is 27.6. The maximum Gasteiger partial charge on any atom is 0.250 e. The number of carbonyl (C=O) groups is 2. The van der Waals surface area contributed by atoms with Crippen molar-refractivity contribution in [1.29, 1.82) is 0 Å². The van der Waals surface area contributed by atoms with E-state index in [9.17, 15) is 9.59 Å². The first-order valence-corrected chi connectivity index (χ1v) is 10.0. The van der Waals surface area contributed by atoms with Crippen LogP contribution in [-0.4, -0.2) is 37.4 Å². The third kappa shape index (κ3) is 3.21. The highest BCUT2D eigenvalue weighted by molar-refractivity contribution is 8.00. The van der Waals surface area contributed by atoms with E-state index in [2.05, 4.69) is 15.5 Å². The molecule has 3 aromatic rings. The van der Waals surface area contributed by atoms with Crippen LogP contribution in [0, 0.1) is 0 Å². The standard InChI is InChI=1S/C20H21N5O3S/c1-12(29-19-23-22-16(24(19)4)15-10-7-11-28-15)17(26)25-14-9-6-5-8-13(14)21-18(27)20(25,2)3/h5-12H,1-4H3,(H,21,27)/t12-/m1/s1. The molecule has 1 atom stereocenters. The van der Waals surface area contributed by atoms with Crippen LogP contribution in [0.3, 0.4) is 0 Å². The lowest BCUT2D eigenvalue weighted by Gasteiger charge is -2.43. The van der Waals surface area contributed by atoms with Gasteiger partial charge in [0.2, 0.25) is 11.8 Å². The molecule has 0 bridgehead atoms. The average molecular weight is 411 g/mol. The topological polar surface area (TPSA) is 93.3 Å².